The van der Waals surface area contributed by atoms with Crippen LogP contribution in [-0.2, 0) is 6.54 Å². The van der Waals surface area contributed by atoms with Crippen LogP contribution in [0.5, 0.6) is 5.75 Å². The van der Waals surface area contributed by atoms with Gasteiger partial charge in [0.15, 0.2) is 0 Å². The number of carboxylic acid groups (broad SMARTS) is 1. The maximum atomic E-state index is 10.9. The SMILES string of the molecule is C=CCOc1ccc(Cl)cc1CNc1cccc(C(=O)[O-])c1. The third-order valence-electron chi connectivity index (χ3n) is 2.96. The molecule has 5 heteroatoms. The molecule has 2 rings (SSSR count). The van der Waals surface area contributed by atoms with Gasteiger partial charge in [0.1, 0.15) is 12.4 Å². The highest BCUT2D eigenvalue weighted by molar-refractivity contribution is 6.30. The Kier molecular flexibility index (Phi) is 5.44. The monoisotopic (exact) mass is 316 g/mol. The summed E-state index contributed by atoms with van der Waals surface area (Å²) in [5.74, 6) is -0.505. The van der Waals surface area contributed by atoms with Crippen molar-refractivity contribution < 1.29 is 14.6 Å². The highest BCUT2D eigenvalue weighted by Gasteiger charge is 2.05. The van der Waals surface area contributed by atoms with Gasteiger partial charge in [0.2, 0.25) is 0 Å². The molecule has 4 nitrogen and oxygen atoms in total. The molecule has 0 amide bonds. The molecule has 0 unspecified atom stereocenters. The van der Waals surface area contributed by atoms with Gasteiger partial charge in [0.25, 0.3) is 0 Å². The zero-order valence-corrected chi connectivity index (χ0v) is 12.6. The second-order valence-corrected chi connectivity index (χ2v) is 5.01. The van der Waals surface area contributed by atoms with Gasteiger partial charge in [0, 0.05) is 22.8 Å². The van der Waals surface area contributed by atoms with Crippen LogP contribution < -0.4 is 15.2 Å². The van der Waals surface area contributed by atoms with Crippen molar-refractivity contribution in [3.05, 3.63) is 71.3 Å². The maximum Gasteiger partial charge on any atom is 0.124 e. The molecule has 0 spiro atoms. The minimum Gasteiger partial charge on any atom is -0.545 e. The summed E-state index contributed by atoms with van der Waals surface area (Å²) in [6, 6.07) is 11.8. The summed E-state index contributed by atoms with van der Waals surface area (Å²) in [7, 11) is 0. The summed E-state index contributed by atoms with van der Waals surface area (Å²) in [5, 5.41) is 14.6. The number of carboxylic acids is 1. The number of carbonyl (C=O) groups excluding carboxylic acids is 1. The number of aromatic carboxylic acids is 1. The summed E-state index contributed by atoms with van der Waals surface area (Å²) < 4.78 is 5.57. The molecule has 1 N–H and O–H groups in total. The fraction of sp³-hybridized carbons (Fsp3) is 0.118. The van der Waals surface area contributed by atoms with Crippen LogP contribution in [0.25, 0.3) is 0 Å². The molecule has 114 valence electrons. The maximum absolute atomic E-state index is 10.9. The van der Waals surface area contributed by atoms with E-state index in [1.54, 1.807) is 36.4 Å². The van der Waals surface area contributed by atoms with Crippen molar-refractivity contribution in [1.82, 2.24) is 0 Å². The lowest BCUT2D eigenvalue weighted by Crippen LogP contribution is -2.22. The van der Waals surface area contributed by atoms with E-state index in [1.165, 1.54) is 12.1 Å². The van der Waals surface area contributed by atoms with E-state index in [0.717, 1.165) is 5.56 Å². The van der Waals surface area contributed by atoms with Crippen molar-refractivity contribution in [3.8, 4) is 5.75 Å². The van der Waals surface area contributed by atoms with Crippen molar-refractivity contribution in [1.29, 1.82) is 0 Å². The Morgan fingerprint density at radius 3 is 2.86 bits per heavy atom. The van der Waals surface area contributed by atoms with Gasteiger partial charge < -0.3 is 20.0 Å². The largest absolute Gasteiger partial charge is 0.545 e. The topological polar surface area (TPSA) is 61.4 Å². The molecule has 0 aliphatic rings. The highest BCUT2D eigenvalue weighted by atomic mass is 35.5. The number of ether oxygens (including phenoxy) is 1. The molecule has 0 aliphatic carbocycles. The molecule has 0 aliphatic heterocycles. The molecule has 0 bridgehead atoms. The summed E-state index contributed by atoms with van der Waals surface area (Å²) in [6.07, 6.45) is 1.66. The van der Waals surface area contributed by atoms with E-state index in [9.17, 15) is 9.90 Å². The lowest BCUT2D eigenvalue weighted by atomic mass is 10.1. The van der Waals surface area contributed by atoms with E-state index in [2.05, 4.69) is 11.9 Å². The predicted molar refractivity (Wildman–Crippen MR) is 85.2 cm³/mol. The predicted octanol–water partition coefficient (Wildman–Crippen LogP) is 2.88. The number of halogens is 1. The Morgan fingerprint density at radius 2 is 2.14 bits per heavy atom. The van der Waals surface area contributed by atoms with Crippen LogP contribution in [0.4, 0.5) is 5.69 Å². The van der Waals surface area contributed by atoms with Gasteiger partial charge in [-0.05, 0) is 35.9 Å². The molecule has 0 heterocycles. The Balaban J connectivity index is 2.13. The number of rotatable bonds is 7. The van der Waals surface area contributed by atoms with E-state index in [1.807, 2.05) is 0 Å². The van der Waals surface area contributed by atoms with Crippen molar-refractivity contribution in [2.45, 2.75) is 6.54 Å². The summed E-state index contributed by atoms with van der Waals surface area (Å²) in [4.78, 5) is 10.9. The van der Waals surface area contributed by atoms with Gasteiger partial charge in [0.05, 0.1) is 5.97 Å². The highest BCUT2D eigenvalue weighted by Crippen LogP contribution is 2.24. The van der Waals surface area contributed by atoms with Crippen LogP contribution in [0, 0.1) is 0 Å². The zero-order valence-electron chi connectivity index (χ0n) is 11.8. The number of hydrogen-bond donors (Lipinski definition) is 1. The summed E-state index contributed by atoms with van der Waals surface area (Å²) in [6.45, 7) is 4.46. The average Bonchev–Trinajstić information content (AvgIpc) is 2.52. The van der Waals surface area contributed by atoms with Crippen molar-refractivity contribution in [3.63, 3.8) is 0 Å². The van der Waals surface area contributed by atoms with E-state index in [-0.39, 0.29) is 5.56 Å². The number of benzene rings is 2. The molecule has 22 heavy (non-hydrogen) atoms. The molecule has 2 aromatic carbocycles. The quantitative estimate of drug-likeness (QED) is 0.798. The lowest BCUT2D eigenvalue weighted by Gasteiger charge is -2.13. The lowest BCUT2D eigenvalue weighted by molar-refractivity contribution is -0.255. The zero-order chi connectivity index (χ0) is 15.9. The first-order valence-corrected chi connectivity index (χ1v) is 7.05. The van der Waals surface area contributed by atoms with E-state index >= 15 is 0 Å². The molecular formula is C17H15ClNO3-. The normalized spacial score (nSPS) is 10.0. The number of nitrogens with one attached hydrogen (secondary N) is 1. The van der Waals surface area contributed by atoms with Crippen molar-refractivity contribution in [2.75, 3.05) is 11.9 Å². The standard InChI is InChI=1S/C17H16ClNO3/c1-2-8-22-16-7-6-14(18)9-13(16)11-19-15-5-3-4-12(10-15)17(20)21/h2-7,9-10,19H,1,8,11H2,(H,20,21)/p-1. The van der Waals surface area contributed by atoms with Crippen LogP contribution in [0.2, 0.25) is 5.02 Å². The molecule has 0 atom stereocenters. The smallest absolute Gasteiger partial charge is 0.124 e. The van der Waals surface area contributed by atoms with Crippen LogP contribution in [-0.4, -0.2) is 12.6 Å². The fourth-order valence-corrected chi connectivity index (χ4v) is 2.12. The molecule has 0 fully saturated rings. The van der Waals surface area contributed by atoms with E-state index < -0.39 is 5.97 Å². The average molecular weight is 317 g/mol. The van der Waals surface area contributed by atoms with Gasteiger partial charge >= 0.3 is 0 Å². The van der Waals surface area contributed by atoms with Crippen LogP contribution in [0.3, 0.4) is 0 Å². The first-order valence-electron chi connectivity index (χ1n) is 6.67. The Bertz CT molecular complexity index is 685. The minimum absolute atomic E-state index is 0.124. The summed E-state index contributed by atoms with van der Waals surface area (Å²) >= 11 is 6.01. The third kappa shape index (κ3) is 4.27. The molecule has 0 saturated carbocycles. The first-order chi connectivity index (χ1) is 10.6. The van der Waals surface area contributed by atoms with Gasteiger partial charge in [-0.15, -0.1) is 0 Å². The summed E-state index contributed by atoms with van der Waals surface area (Å²) in [5.41, 5.74) is 1.67. The Labute approximate surface area is 134 Å². The molecule has 0 aromatic heterocycles. The van der Waals surface area contributed by atoms with Gasteiger partial charge in [-0.25, -0.2) is 0 Å². The van der Waals surface area contributed by atoms with Crippen molar-refractivity contribution in [2.24, 2.45) is 0 Å². The van der Waals surface area contributed by atoms with Gasteiger partial charge in [-0.2, -0.15) is 0 Å². The Morgan fingerprint density at radius 1 is 1.32 bits per heavy atom. The number of carbonyl (C=O) groups is 1. The minimum atomic E-state index is -1.21. The number of hydrogen-bond acceptors (Lipinski definition) is 4. The Hall–Kier alpha value is -2.46. The van der Waals surface area contributed by atoms with Crippen LogP contribution in [0.1, 0.15) is 15.9 Å². The fourth-order valence-electron chi connectivity index (χ4n) is 1.93. The molecule has 2 aromatic rings. The molecular weight excluding hydrogens is 302 g/mol. The molecule has 0 saturated heterocycles. The van der Waals surface area contributed by atoms with Gasteiger partial charge in [-0.3, -0.25) is 0 Å². The van der Waals surface area contributed by atoms with E-state index in [0.29, 0.717) is 29.6 Å². The second kappa shape index (κ2) is 7.52. The number of anilines is 1. The molecule has 0 radical (unpaired) electrons. The van der Waals surface area contributed by atoms with E-state index in [4.69, 9.17) is 16.3 Å². The second-order valence-electron chi connectivity index (χ2n) is 4.57. The third-order valence-corrected chi connectivity index (χ3v) is 3.20. The first kappa shape index (κ1) is 15.9. The van der Waals surface area contributed by atoms with Crippen LogP contribution >= 0.6 is 11.6 Å². The van der Waals surface area contributed by atoms with Crippen molar-refractivity contribution >= 4 is 23.3 Å². The van der Waals surface area contributed by atoms with Crippen LogP contribution in [0.15, 0.2) is 55.1 Å². The van der Waals surface area contributed by atoms with Gasteiger partial charge in [-0.1, -0.05) is 36.4 Å².